The Kier molecular flexibility index (Phi) is 4.45. The summed E-state index contributed by atoms with van der Waals surface area (Å²) in [4.78, 5) is 11.2. The molecule has 0 aromatic heterocycles. The van der Waals surface area contributed by atoms with Gasteiger partial charge in [-0.2, -0.15) is 0 Å². The summed E-state index contributed by atoms with van der Waals surface area (Å²) in [5.74, 6) is -1.09. The number of anilines is 2. The number of carboxylic acid groups (broad SMARTS) is 1. The Bertz CT molecular complexity index is 754. The molecule has 5 nitrogen and oxygen atoms in total. The molecule has 0 radical (unpaired) electrons. The molecule has 2 aromatic carbocycles. The predicted molar refractivity (Wildman–Crippen MR) is 96.6 cm³/mol. The van der Waals surface area contributed by atoms with Crippen LogP contribution in [0.15, 0.2) is 72.1 Å². The quantitative estimate of drug-likeness (QED) is 0.667. The van der Waals surface area contributed by atoms with Crippen molar-refractivity contribution < 1.29 is 14.5 Å². The molecule has 1 fully saturated rings. The lowest BCUT2D eigenvalue weighted by molar-refractivity contribution is -0.131. The van der Waals surface area contributed by atoms with Crippen LogP contribution in [0.25, 0.3) is 0 Å². The van der Waals surface area contributed by atoms with E-state index in [1.807, 2.05) is 70.0 Å². The standard InChI is InChI=1S/C18H19N2O3P/c1-15(14-18(21)22)24(23)19(16-8-4-2-5-9-16)12-13-20(24)17-10-6-3-7-11-17/h2-11,14H,12-13H2,1H3,(H,21,22)/b15-14+. The molecule has 1 saturated heterocycles. The van der Waals surface area contributed by atoms with Crippen LogP contribution in [0.5, 0.6) is 0 Å². The summed E-state index contributed by atoms with van der Waals surface area (Å²) in [7, 11) is -3.23. The van der Waals surface area contributed by atoms with E-state index in [0.717, 1.165) is 17.5 Å². The molecule has 1 N–H and O–H groups in total. The van der Waals surface area contributed by atoms with Crippen LogP contribution in [0, 0.1) is 0 Å². The number of carboxylic acids is 1. The first kappa shape index (κ1) is 16.3. The summed E-state index contributed by atoms with van der Waals surface area (Å²) < 4.78 is 17.7. The largest absolute Gasteiger partial charge is 0.478 e. The van der Waals surface area contributed by atoms with Crippen LogP contribution in [0.4, 0.5) is 11.4 Å². The first-order chi connectivity index (χ1) is 11.5. The first-order valence-electron chi connectivity index (χ1n) is 7.71. The molecular weight excluding hydrogens is 323 g/mol. The minimum Gasteiger partial charge on any atom is -0.478 e. The number of aliphatic carboxylic acids is 1. The molecule has 124 valence electrons. The van der Waals surface area contributed by atoms with Crippen molar-refractivity contribution in [2.45, 2.75) is 6.92 Å². The highest BCUT2D eigenvalue weighted by Crippen LogP contribution is 2.65. The molecule has 0 unspecified atom stereocenters. The van der Waals surface area contributed by atoms with Crippen molar-refractivity contribution in [3.8, 4) is 0 Å². The minimum absolute atomic E-state index is 0.361. The van der Waals surface area contributed by atoms with Gasteiger partial charge in [0, 0.05) is 35.9 Å². The summed E-state index contributed by atoms with van der Waals surface area (Å²) in [6.45, 7) is 2.77. The fraction of sp³-hybridized carbons (Fsp3) is 0.167. The van der Waals surface area contributed by atoms with Crippen molar-refractivity contribution in [3.05, 3.63) is 72.1 Å². The zero-order chi connectivity index (χ0) is 17.2. The van der Waals surface area contributed by atoms with E-state index in [2.05, 4.69) is 0 Å². The summed E-state index contributed by atoms with van der Waals surface area (Å²) in [6.07, 6.45) is 1.05. The fourth-order valence-electron chi connectivity index (χ4n) is 3.01. The molecule has 0 amide bonds. The number of allylic oxidation sites excluding steroid dienone is 1. The lowest BCUT2D eigenvalue weighted by Gasteiger charge is -2.33. The van der Waals surface area contributed by atoms with Gasteiger partial charge >= 0.3 is 5.97 Å². The van der Waals surface area contributed by atoms with Crippen molar-refractivity contribution in [1.29, 1.82) is 0 Å². The molecule has 1 aliphatic rings. The zero-order valence-electron chi connectivity index (χ0n) is 13.4. The molecule has 1 aliphatic heterocycles. The van der Waals surface area contributed by atoms with Crippen molar-refractivity contribution in [3.63, 3.8) is 0 Å². The highest BCUT2D eigenvalue weighted by Gasteiger charge is 2.44. The number of para-hydroxylation sites is 2. The average Bonchev–Trinajstić information content (AvgIpc) is 2.94. The van der Waals surface area contributed by atoms with Gasteiger partial charge in [0.05, 0.1) is 0 Å². The lowest BCUT2D eigenvalue weighted by Crippen LogP contribution is -2.20. The third-order valence-electron chi connectivity index (χ3n) is 4.08. The Morgan fingerprint density at radius 3 is 1.75 bits per heavy atom. The SMILES string of the molecule is C/C(=C\C(=O)O)P1(=O)N(c2ccccc2)CCN1c1ccccc1. The van der Waals surface area contributed by atoms with Crippen LogP contribution in [0.1, 0.15) is 6.92 Å². The van der Waals surface area contributed by atoms with Gasteiger partial charge in [0.15, 0.2) is 0 Å². The van der Waals surface area contributed by atoms with Crippen LogP contribution in [0.2, 0.25) is 0 Å². The molecule has 1 heterocycles. The van der Waals surface area contributed by atoms with Gasteiger partial charge in [0.25, 0.3) is 7.44 Å². The Balaban J connectivity index is 2.12. The molecule has 0 spiro atoms. The smallest absolute Gasteiger partial charge is 0.328 e. The number of nitrogens with zero attached hydrogens (tertiary/aromatic N) is 2. The average molecular weight is 342 g/mol. The Labute approximate surface area is 141 Å². The summed E-state index contributed by atoms with van der Waals surface area (Å²) in [5.41, 5.74) is 1.66. The molecule has 0 atom stereocenters. The van der Waals surface area contributed by atoms with Crippen LogP contribution in [-0.2, 0) is 9.36 Å². The third-order valence-corrected chi connectivity index (χ3v) is 7.30. The molecule has 0 saturated carbocycles. The summed E-state index contributed by atoms with van der Waals surface area (Å²) in [6, 6.07) is 19.0. The summed E-state index contributed by atoms with van der Waals surface area (Å²) in [5, 5.41) is 9.50. The van der Waals surface area contributed by atoms with Crippen molar-refractivity contribution >= 4 is 24.8 Å². The highest BCUT2D eigenvalue weighted by molar-refractivity contribution is 7.71. The van der Waals surface area contributed by atoms with Gasteiger partial charge in [-0.25, -0.2) is 4.79 Å². The van der Waals surface area contributed by atoms with Crippen LogP contribution in [-0.4, -0.2) is 24.2 Å². The van der Waals surface area contributed by atoms with Crippen molar-refractivity contribution in [1.82, 2.24) is 0 Å². The normalized spacial score (nSPS) is 17.1. The molecule has 2 aromatic rings. The van der Waals surface area contributed by atoms with E-state index in [1.54, 1.807) is 6.92 Å². The Hall–Kier alpha value is -2.52. The topological polar surface area (TPSA) is 60.9 Å². The van der Waals surface area contributed by atoms with Gasteiger partial charge in [0.1, 0.15) is 0 Å². The molecule has 3 rings (SSSR count). The lowest BCUT2D eigenvalue weighted by atomic mass is 10.3. The van der Waals surface area contributed by atoms with Gasteiger partial charge in [-0.05, 0) is 31.2 Å². The minimum atomic E-state index is -3.23. The second-order valence-corrected chi connectivity index (χ2v) is 8.34. The van der Waals surface area contributed by atoms with Crippen molar-refractivity contribution in [2.75, 3.05) is 22.4 Å². The molecular formula is C18H19N2O3P. The number of hydrogen-bond acceptors (Lipinski definition) is 2. The first-order valence-corrected chi connectivity index (χ1v) is 9.32. The van der Waals surface area contributed by atoms with Crippen LogP contribution < -0.4 is 9.34 Å². The van der Waals surface area contributed by atoms with E-state index >= 15 is 0 Å². The van der Waals surface area contributed by atoms with Crippen LogP contribution in [0.3, 0.4) is 0 Å². The maximum Gasteiger partial charge on any atom is 0.328 e. The van der Waals surface area contributed by atoms with Gasteiger partial charge in [-0.3, -0.25) is 4.57 Å². The number of rotatable bonds is 4. The van der Waals surface area contributed by atoms with E-state index in [9.17, 15) is 9.36 Å². The Morgan fingerprint density at radius 2 is 1.38 bits per heavy atom. The number of carbonyl (C=O) groups is 1. The molecule has 0 bridgehead atoms. The van der Waals surface area contributed by atoms with Crippen LogP contribution >= 0.6 is 7.44 Å². The molecule has 6 heteroatoms. The summed E-state index contributed by atoms with van der Waals surface area (Å²) >= 11 is 0. The van der Waals surface area contributed by atoms with Gasteiger partial charge in [-0.15, -0.1) is 0 Å². The maximum absolute atomic E-state index is 14.0. The maximum atomic E-state index is 14.0. The van der Waals surface area contributed by atoms with Gasteiger partial charge in [0.2, 0.25) is 0 Å². The van der Waals surface area contributed by atoms with E-state index in [0.29, 0.717) is 18.4 Å². The highest BCUT2D eigenvalue weighted by atomic mass is 31.2. The van der Waals surface area contributed by atoms with Gasteiger partial charge in [-0.1, -0.05) is 36.4 Å². The van der Waals surface area contributed by atoms with E-state index in [-0.39, 0.29) is 0 Å². The third kappa shape index (κ3) is 2.83. The second kappa shape index (κ2) is 6.54. The van der Waals surface area contributed by atoms with E-state index in [1.165, 1.54) is 0 Å². The number of benzene rings is 2. The fourth-order valence-corrected chi connectivity index (χ4v) is 5.92. The molecule has 24 heavy (non-hydrogen) atoms. The van der Waals surface area contributed by atoms with Crippen molar-refractivity contribution in [2.24, 2.45) is 0 Å². The zero-order valence-corrected chi connectivity index (χ0v) is 14.3. The molecule has 0 aliphatic carbocycles. The Morgan fingerprint density at radius 1 is 0.958 bits per heavy atom. The van der Waals surface area contributed by atoms with Gasteiger partial charge < -0.3 is 14.4 Å². The number of hydrogen-bond donors (Lipinski definition) is 1. The predicted octanol–water partition coefficient (Wildman–Crippen LogP) is 4.19. The second-order valence-electron chi connectivity index (χ2n) is 5.59. The van der Waals surface area contributed by atoms with E-state index in [4.69, 9.17) is 5.11 Å². The van der Waals surface area contributed by atoms with E-state index < -0.39 is 13.4 Å². The monoisotopic (exact) mass is 342 g/mol.